The van der Waals surface area contributed by atoms with Gasteiger partial charge in [-0.25, -0.2) is 0 Å². The van der Waals surface area contributed by atoms with Gasteiger partial charge in [-0.1, -0.05) is 93.3 Å². The molecule has 2 aromatic heterocycles. The van der Waals surface area contributed by atoms with Crippen LogP contribution in [-0.4, -0.2) is 24.5 Å². The van der Waals surface area contributed by atoms with Crippen LogP contribution in [0.1, 0.15) is 37.5 Å². The van der Waals surface area contributed by atoms with Gasteiger partial charge in [0.25, 0.3) is 11.5 Å². The van der Waals surface area contributed by atoms with Gasteiger partial charge in [-0.15, -0.1) is 0 Å². The van der Waals surface area contributed by atoms with Crippen molar-refractivity contribution in [1.82, 2.24) is 14.3 Å². The fraction of sp³-hybridized carbons (Fsp3) is 0.172. The molecule has 3 heterocycles. The van der Waals surface area contributed by atoms with Crippen LogP contribution < -0.4 is 10.3 Å². The molecule has 37 heavy (non-hydrogen) atoms. The Morgan fingerprint density at radius 1 is 0.973 bits per heavy atom. The summed E-state index contributed by atoms with van der Waals surface area (Å²) in [5.74, 6) is 0.427. The highest BCUT2D eigenvalue weighted by molar-refractivity contribution is 8.26. The highest BCUT2D eigenvalue weighted by atomic mass is 32.2. The van der Waals surface area contributed by atoms with E-state index in [0.29, 0.717) is 27.2 Å². The Morgan fingerprint density at radius 3 is 2.38 bits per heavy atom. The first-order valence-electron chi connectivity index (χ1n) is 11.8. The van der Waals surface area contributed by atoms with Crippen molar-refractivity contribution in [3.63, 3.8) is 0 Å². The number of rotatable bonds is 5. The molecule has 0 N–H and O–H groups in total. The molecule has 4 aromatic rings. The van der Waals surface area contributed by atoms with E-state index in [2.05, 4.69) is 25.8 Å². The quantitative estimate of drug-likeness (QED) is 0.228. The van der Waals surface area contributed by atoms with Gasteiger partial charge in [-0.05, 0) is 46.9 Å². The summed E-state index contributed by atoms with van der Waals surface area (Å²) in [6, 6.07) is 22.7. The molecule has 0 spiro atoms. The van der Waals surface area contributed by atoms with Crippen molar-refractivity contribution in [2.45, 2.75) is 32.7 Å². The van der Waals surface area contributed by atoms with E-state index in [9.17, 15) is 9.59 Å². The van der Waals surface area contributed by atoms with E-state index < -0.39 is 0 Å². The highest BCUT2D eigenvalue weighted by Crippen LogP contribution is 2.35. The number of benzene rings is 2. The Morgan fingerprint density at radius 2 is 1.68 bits per heavy atom. The van der Waals surface area contributed by atoms with E-state index in [0.717, 1.165) is 11.1 Å². The smallest absolute Gasteiger partial charge is 0.269 e. The second-order valence-electron chi connectivity index (χ2n) is 9.69. The van der Waals surface area contributed by atoms with Crippen LogP contribution in [0.2, 0.25) is 0 Å². The topological polar surface area (TPSA) is 63.9 Å². The number of ether oxygens (including phenoxy) is 1. The number of fused-ring (bicyclic) bond motifs is 1. The molecular weight excluding hydrogens is 502 g/mol. The molecule has 0 unspecified atom stereocenters. The lowest BCUT2D eigenvalue weighted by atomic mass is 9.87. The first-order valence-corrected chi connectivity index (χ1v) is 13.0. The van der Waals surface area contributed by atoms with E-state index in [1.165, 1.54) is 22.2 Å². The lowest BCUT2D eigenvalue weighted by Crippen LogP contribution is -2.27. The maximum Gasteiger partial charge on any atom is 0.269 e. The molecule has 1 fully saturated rings. The van der Waals surface area contributed by atoms with Crippen molar-refractivity contribution in [3.8, 4) is 11.6 Å². The Bertz CT molecular complexity index is 1590. The van der Waals surface area contributed by atoms with E-state index in [1.807, 2.05) is 54.6 Å². The first kappa shape index (κ1) is 24.9. The second-order valence-corrected chi connectivity index (χ2v) is 11.4. The summed E-state index contributed by atoms with van der Waals surface area (Å²) in [6.07, 6.45) is 3.18. The lowest BCUT2D eigenvalue weighted by Gasteiger charge is -2.19. The maximum atomic E-state index is 13.5. The normalized spacial score (nSPS) is 15.1. The Kier molecular flexibility index (Phi) is 6.70. The number of hydrogen-bond acceptors (Lipinski definition) is 6. The Balaban J connectivity index is 1.54. The number of pyridine rings is 1. The predicted molar refractivity (Wildman–Crippen MR) is 152 cm³/mol. The van der Waals surface area contributed by atoms with Crippen LogP contribution >= 0.6 is 24.0 Å². The zero-order valence-electron chi connectivity index (χ0n) is 20.7. The summed E-state index contributed by atoms with van der Waals surface area (Å²) in [5.41, 5.74) is 2.42. The standard InChI is InChI=1S/C29H25N3O3S2/c1-29(2,3)20-12-14-21(15-13-20)35-25-22(26(33)31-16-8-7-11-24(31)30-25)17-23-27(34)32(28(36)37-23)18-19-9-5-4-6-10-19/h4-17H,18H2,1-3H3. The Labute approximate surface area is 224 Å². The molecule has 2 aromatic carbocycles. The Hall–Kier alpha value is -3.75. The molecule has 1 saturated heterocycles. The number of nitrogens with zero attached hydrogens (tertiary/aromatic N) is 3. The molecule has 8 heteroatoms. The summed E-state index contributed by atoms with van der Waals surface area (Å²) in [6.45, 7) is 6.78. The largest absolute Gasteiger partial charge is 0.438 e. The van der Waals surface area contributed by atoms with Gasteiger partial charge in [0.15, 0.2) is 0 Å². The van der Waals surface area contributed by atoms with Gasteiger partial charge in [-0.2, -0.15) is 4.98 Å². The molecule has 0 atom stereocenters. The minimum atomic E-state index is -0.333. The third-order valence-electron chi connectivity index (χ3n) is 6.00. The minimum Gasteiger partial charge on any atom is -0.438 e. The summed E-state index contributed by atoms with van der Waals surface area (Å²) >= 11 is 6.66. The molecule has 1 amide bonds. The number of amides is 1. The molecule has 6 nitrogen and oxygen atoms in total. The van der Waals surface area contributed by atoms with Gasteiger partial charge in [0.1, 0.15) is 21.3 Å². The monoisotopic (exact) mass is 527 g/mol. The van der Waals surface area contributed by atoms with Crippen LogP contribution in [0.5, 0.6) is 11.6 Å². The van der Waals surface area contributed by atoms with E-state index >= 15 is 0 Å². The van der Waals surface area contributed by atoms with E-state index in [-0.39, 0.29) is 28.3 Å². The molecule has 1 aliphatic rings. The molecule has 0 radical (unpaired) electrons. The summed E-state index contributed by atoms with van der Waals surface area (Å²) in [5, 5.41) is 0. The van der Waals surface area contributed by atoms with Gasteiger partial charge in [0, 0.05) is 6.20 Å². The fourth-order valence-electron chi connectivity index (χ4n) is 3.95. The van der Waals surface area contributed by atoms with Crippen molar-refractivity contribution >= 4 is 45.9 Å². The molecule has 0 bridgehead atoms. The molecule has 5 rings (SSSR count). The van der Waals surface area contributed by atoms with Crippen molar-refractivity contribution in [2.75, 3.05) is 0 Å². The number of carbonyl (C=O) groups excluding carboxylic acids is 1. The molecule has 1 aliphatic heterocycles. The minimum absolute atomic E-state index is 0.00175. The average molecular weight is 528 g/mol. The number of hydrogen-bond donors (Lipinski definition) is 0. The van der Waals surface area contributed by atoms with Crippen LogP contribution in [0.15, 0.2) is 88.7 Å². The van der Waals surface area contributed by atoms with Gasteiger partial charge < -0.3 is 4.74 Å². The average Bonchev–Trinajstić information content (AvgIpc) is 3.14. The van der Waals surface area contributed by atoms with Gasteiger partial charge in [-0.3, -0.25) is 18.9 Å². The predicted octanol–water partition coefficient (Wildman–Crippen LogP) is 6.19. The van der Waals surface area contributed by atoms with Crippen LogP contribution in [-0.2, 0) is 16.8 Å². The second kappa shape index (κ2) is 9.95. The van der Waals surface area contributed by atoms with Gasteiger partial charge in [0.2, 0.25) is 5.88 Å². The SMILES string of the molecule is CC(C)(C)c1ccc(Oc2nc3ccccn3c(=O)c2C=C2SC(=S)N(Cc3ccccc3)C2=O)cc1. The molecule has 186 valence electrons. The van der Waals surface area contributed by atoms with Gasteiger partial charge >= 0.3 is 0 Å². The van der Waals surface area contributed by atoms with Crippen LogP contribution in [0, 0.1) is 0 Å². The first-order chi connectivity index (χ1) is 17.7. The summed E-state index contributed by atoms with van der Waals surface area (Å²) in [4.78, 5) is 33.3. The summed E-state index contributed by atoms with van der Waals surface area (Å²) in [7, 11) is 0. The van der Waals surface area contributed by atoms with Crippen molar-refractivity contribution in [2.24, 2.45) is 0 Å². The lowest BCUT2D eigenvalue weighted by molar-refractivity contribution is -0.122. The number of thioether (sulfide) groups is 1. The highest BCUT2D eigenvalue weighted by Gasteiger charge is 2.33. The van der Waals surface area contributed by atoms with Crippen molar-refractivity contribution < 1.29 is 9.53 Å². The van der Waals surface area contributed by atoms with Crippen molar-refractivity contribution in [3.05, 3.63) is 111 Å². The number of thiocarbonyl (C=S) groups is 1. The molecule has 0 aliphatic carbocycles. The number of carbonyl (C=O) groups is 1. The summed E-state index contributed by atoms with van der Waals surface area (Å²) < 4.78 is 8.00. The molecule has 0 saturated carbocycles. The van der Waals surface area contributed by atoms with E-state index in [1.54, 1.807) is 29.3 Å². The molecular formula is C29H25N3O3S2. The zero-order chi connectivity index (χ0) is 26.2. The van der Waals surface area contributed by atoms with E-state index in [4.69, 9.17) is 17.0 Å². The fourth-order valence-corrected chi connectivity index (χ4v) is 5.19. The maximum absolute atomic E-state index is 13.5. The van der Waals surface area contributed by atoms with Gasteiger partial charge in [0.05, 0.1) is 11.4 Å². The third kappa shape index (κ3) is 5.21. The number of aromatic nitrogens is 2. The van der Waals surface area contributed by atoms with Crippen LogP contribution in [0.3, 0.4) is 0 Å². The van der Waals surface area contributed by atoms with Crippen LogP contribution in [0.4, 0.5) is 0 Å². The third-order valence-corrected chi connectivity index (χ3v) is 7.38. The van der Waals surface area contributed by atoms with Crippen molar-refractivity contribution in [1.29, 1.82) is 0 Å². The zero-order valence-corrected chi connectivity index (χ0v) is 22.3. The van der Waals surface area contributed by atoms with Crippen LogP contribution in [0.25, 0.3) is 11.7 Å².